The summed E-state index contributed by atoms with van der Waals surface area (Å²) in [5.74, 6) is -0.0631. The molecule has 242 valence electrons. The summed E-state index contributed by atoms with van der Waals surface area (Å²) >= 11 is 0. The van der Waals surface area contributed by atoms with Gasteiger partial charge in [-0.05, 0) is 55.2 Å². The topological polar surface area (TPSA) is 116 Å². The molecule has 12 heteroatoms. The molecule has 5 aromatic rings. The summed E-state index contributed by atoms with van der Waals surface area (Å²) in [4.78, 5) is 35.8. The van der Waals surface area contributed by atoms with Crippen molar-refractivity contribution in [3.05, 3.63) is 100.0 Å². The summed E-state index contributed by atoms with van der Waals surface area (Å²) in [6.45, 7) is 2.93. The van der Waals surface area contributed by atoms with Gasteiger partial charge in [-0.1, -0.05) is 24.3 Å². The maximum absolute atomic E-state index is 15.5. The van der Waals surface area contributed by atoms with Crippen molar-refractivity contribution in [1.29, 1.82) is 0 Å². The summed E-state index contributed by atoms with van der Waals surface area (Å²) in [6, 6.07) is 17.0. The Labute approximate surface area is 269 Å². The third kappa shape index (κ3) is 6.47. The van der Waals surface area contributed by atoms with E-state index in [1.807, 2.05) is 35.0 Å². The zero-order chi connectivity index (χ0) is 32.2. The van der Waals surface area contributed by atoms with E-state index in [0.717, 1.165) is 18.5 Å². The van der Waals surface area contributed by atoms with Crippen LogP contribution in [0.25, 0.3) is 16.6 Å². The summed E-state index contributed by atoms with van der Waals surface area (Å²) in [5, 5.41) is 0.492. The first kappa shape index (κ1) is 30.6. The lowest BCUT2D eigenvalue weighted by Crippen LogP contribution is -2.24. The fraction of sp³-hybridized carbons (Fsp3) is 0.314. The highest BCUT2D eigenvalue weighted by Crippen LogP contribution is 2.37. The van der Waals surface area contributed by atoms with E-state index in [9.17, 15) is 9.59 Å². The van der Waals surface area contributed by atoms with Crippen LogP contribution in [0.15, 0.2) is 71.8 Å². The number of nitrogens with zero attached hydrogens (tertiary/aromatic N) is 4. The lowest BCUT2D eigenvalue weighted by Gasteiger charge is -2.19. The maximum atomic E-state index is 15.5. The first-order valence-corrected chi connectivity index (χ1v) is 15.7. The van der Waals surface area contributed by atoms with E-state index in [4.69, 9.17) is 23.7 Å². The molecule has 7 rings (SSSR count). The fourth-order valence-electron chi connectivity index (χ4n) is 5.94. The normalized spacial score (nSPS) is 15.3. The number of para-hydroxylation sites is 1. The Bertz CT molecular complexity index is 1970. The molecule has 3 aromatic carbocycles. The molecule has 0 aliphatic carbocycles. The quantitative estimate of drug-likeness (QED) is 0.234. The number of ether oxygens (including phenoxy) is 5. The van der Waals surface area contributed by atoms with E-state index in [1.54, 1.807) is 22.9 Å². The maximum Gasteiger partial charge on any atom is 0.282 e. The Morgan fingerprint density at radius 3 is 2.38 bits per heavy atom. The van der Waals surface area contributed by atoms with Crippen LogP contribution in [0.4, 0.5) is 4.39 Å². The number of benzene rings is 3. The number of ketones is 1. The molecule has 2 aliphatic heterocycles. The van der Waals surface area contributed by atoms with Gasteiger partial charge in [-0.15, -0.1) is 0 Å². The second-order valence-electron chi connectivity index (χ2n) is 11.2. The molecule has 2 aliphatic rings. The van der Waals surface area contributed by atoms with Gasteiger partial charge < -0.3 is 23.7 Å². The van der Waals surface area contributed by atoms with Gasteiger partial charge >= 0.3 is 0 Å². The van der Waals surface area contributed by atoms with Crippen molar-refractivity contribution in [2.45, 2.75) is 32.2 Å². The second-order valence-corrected chi connectivity index (χ2v) is 11.2. The molecule has 0 bridgehead atoms. The Balaban J connectivity index is 1.13. The summed E-state index contributed by atoms with van der Waals surface area (Å²) < 4.78 is 47.7. The van der Waals surface area contributed by atoms with Crippen LogP contribution in [0.1, 0.15) is 34.5 Å². The minimum atomic E-state index is -0.675. The van der Waals surface area contributed by atoms with Gasteiger partial charge in [0.05, 0.1) is 48.7 Å². The first-order chi connectivity index (χ1) is 23.1. The number of rotatable bonds is 6. The molecule has 4 heterocycles. The third-order valence-corrected chi connectivity index (χ3v) is 8.14. The van der Waals surface area contributed by atoms with E-state index in [-0.39, 0.29) is 41.6 Å². The zero-order valence-electron chi connectivity index (χ0n) is 25.7. The minimum absolute atomic E-state index is 0.0793. The Morgan fingerprint density at radius 2 is 1.62 bits per heavy atom. The van der Waals surface area contributed by atoms with Gasteiger partial charge in [-0.2, -0.15) is 0 Å². The average molecular weight is 641 g/mol. The van der Waals surface area contributed by atoms with E-state index in [0.29, 0.717) is 79.7 Å². The van der Waals surface area contributed by atoms with E-state index < -0.39 is 5.82 Å². The van der Waals surface area contributed by atoms with E-state index in [1.165, 1.54) is 18.5 Å². The largest absolute Gasteiger partial charge is 0.487 e. The SMILES string of the molecule is O=C(Cc1ccc(Oc2ncnc3cc4c(cc23)OCCOCCOCCO4)c(F)c1)c1c2n(n(-c3ccccc3)c1=O)CCCC2. The fourth-order valence-corrected chi connectivity index (χ4v) is 5.94. The van der Waals surface area contributed by atoms with Crippen molar-refractivity contribution in [2.24, 2.45) is 0 Å². The highest BCUT2D eigenvalue weighted by molar-refractivity contribution is 5.98. The second kappa shape index (κ2) is 13.7. The first-order valence-electron chi connectivity index (χ1n) is 15.7. The monoisotopic (exact) mass is 640 g/mol. The predicted octanol–water partition coefficient (Wildman–Crippen LogP) is 5.08. The lowest BCUT2D eigenvalue weighted by atomic mass is 9.99. The highest BCUT2D eigenvalue weighted by atomic mass is 19.1. The number of aromatic nitrogens is 4. The molecule has 2 aromatic heterocycles. The summed E-state index contributed by atoms with van der Waals surface area (Å²) in [7, 11) is 0. The van der Waals surface area contributed by atoms with Crippen molar-refractivity contribution in [3.63, 3.8) is 0 Å². The molecule has 0 unspecified atom stereocenters. The number of hydrogen-bond donors (Lipinski definition) is 0. The van der Waals surface area contributed by atoms with Gasteiger partial charge in [0, 0.05) is 19.0 Å². The van der Waals surface area contributed by atoms with Crippen LogP contribution in [-0.2, 0) is 28.9 Å². The van der Waals surface area contributed by atoms with Crippen LogP contribution in [0.5, 0.6) is 23.1 Å². The van der Waals surface area contributed by atoms with Crippen LogP contribution in [0.2, 0.25) is 0 Å². The summed E-state index contributed by atoms with van der Waals surface area (Å²) in [6.07, 6.45) is 3.63. The van der Waals surface area contributed by atoms with E-state index >= 15 is 4.39 Å². The molecule has 0 saturated carbocycles. The standard InChI is InChI=1S/C35H33FN4O7/c36-26-18-23(19-29(41)33-28-8-4-5-11-39(28)40(35(33)42)24-6-2-1-3-7-24)9-10-30(26)47-34-25-20-31-32(21-27(25)37-22-38-34)46-17-15-44-13-12-43-14-16-45-31/h1-3,6-7,9-10,18,20-22H,4-5,8,11-17,19H2. The Kier molecular flexibility index (Phi) is 8.94. The van der Waals surface area contributed by atoms with Gasteiger partial charge in [0.15, 0.2) is 28.8 Å². The average Bonchev–Trinajstić information content (AvgIpc) is 3.38. The van der Waals surface area contributed by atoms with Crippen LogP contribution >= 0.6 is 0 Å². The molecule has 0 fully saturated rings. The molecule has 0 atom stereocenters. The molecule has 11 nitrogen and oxygen atoms in total. The summed E-state index contributed by atoms with van der Waals surface area (Å²) in [5.41, 5.74) is 2.18. The molecule has 47 heavy (non-hydrogen) atoms. The molecular weight excluding hydrogens is 607 g/mol. The van der Waals surface area contributed by atoms with Gasteiger partial charge in [-0.25, -0.2) is 19.0 Å². The van der Waals surface area contributed by atoms with E-state index in [2.05, 4.69) is 9.97 Å². The number of hydrogen-bond acceptors (Lipinski definition) is 9. The molecule has 0 saturated heterocycles. The predicted molar refractivity (Wildman–Crippen MR) is 170 cm³/mol. The molecular formula is C35H33FN4O7. The lowest BCUT2D eigenvalue weighted by molar-refractivity contribution is 0.0224. The Hall–Kier alpha value is -5.07. The van der Waals surface area contributed by atoms with Crippen molar-refractivity contribution in [3.8, 4) is 28.8 Å². The van der Waals surface area contributed by atoms with Crippen LogP contribution < -0.4 is 19.8 Å². The van der Waals surface area contributed by atoms with Gasteiger partial charge in [0.1, 0.15) is 25.1 Å². The van der Waals surface area contributed by atoms with Gasteiger partial charge in [-0.3, -0.25) is 14.3 Å². The van der Waals surface area contributed by atoms with Crippen LogP contribution in [0, 0.1) is 5.82 Å². The zero-order valence-corrected chi connectivity index (χ0v) is 25.7. The third-order valence-electron chi connectivity index (χ3n) is 8.14. The smallest absolute Gasteiger partial charge is 0.282 e. The molecule has 0 N–H and O–H groups in total. The van der Waals surface area contributed by atoms with Crippen molar-refractivity contribution in [1.82, 2.24) is 19.3 Å². The Morgan fingerprint density at radius 1 is 0.872 bits per heavy atom. The van der Waals surface area contributed by atoms with Crippen molar-refractivity contribution < 1.29 is 32.9 Å². The molecule has 0 amide bonds. The van der Waals surface area contributed by atoms with Gasteiger partial charge in [0.25, 0.3) is 5.56 Å². The number of fused-ring (bicyclic) bond motifs is 3. The molecule has 0 radical (unpaired) electrons. The van der Waals surface area contributed by atoms with Crippen LogP contribution in [0.3, 0.4) is 0 Å². The minimum Gasteiger partial charge on any atom is -0.487 e. The number of halogens is 1. The number of Topliss-reactive ketones (excluding diaryl/α,β-unsaturated/α-hetero) is 1. The number of carbonyl (C=O) groups is 1. The highest BCUT2D eigenvalue weighted by Gasteiger charge is 2.28. The van der Waals surface area contributed by atoms with Crippen molar-refractivity contribution >= 4 is 16.7 Å². The van der Waals surface area contributed by atoms with Gasteiger partial charge in [0.2, 0.25) is 5.88 Å². The van der Waals surface area contributed by atoms with Crippen molar-refractivity contribution in [2.75, 3.05) is 39.6 Å². The van der Waals surface area contributed by atoms with Crippen LogP contribution in [-0.4, -0.2) is 64.8 Å². The number of carbonyl (C=O) groups excluding carboxylic acids is 1. The molecule has 0 spiro atoms.